The van der Waals surface area contributed by atoms with Crippen molar-refractivity contribution >= 4 is 29.0 Å². The molecule has 1 aromatic rings. The Labute approximate surface area is 107 Å². The molecule has 1 aromatic heterocycles. The van der Waals surface area contributed by atoms with Crippen LogP contribution in [0.4, 0.5) is 5.82 Å². The number of halogens is 2. The van der Waals surface area contributed by atoms with E-state index in [0.717, 1.165) is 17.4 Å². The van der Waals surface area contributed by atoms with Crippen LogP contribution in [-0.4, -0.2) is 23.5 Å². The zero-order valence-corrected chi connectivity index (χ0v) is 10.7. The highest BCUT2D eigenvalue weighted by Crippen LogP contribution is 2.30. The summed E-state index contributed by atoms with van der Waals surface area (Å²) in [5.74, 6) is 1.50. The van der Waals surface area contributed by atoms with Crippen molar-refractivity contribution in [1.29, 1.82) is 0 Å². The van der Waals surface area contributed by atoms with Gasteiger partial charge in [0.1, 0.15) is 5.82 Å². The second kappa shape index (κ2) is 5.74. The Morgan fingerprint density at radius 2 is 2.12 bits per heavy atom. The van der Waals surface area contributed by atoms with E-state index in [1.165, 1.54) is 25.7 Å². The van der Waals surface area contributed by atoms with E-state index in [0.29, 0.717) is 11.9 Å². The standard InChI is InChI=1S/C12H16Cl2N2/c13-7-9-16(10-4-1-2-5-10)12-11(14)6-3-8-15-12/h3,6,8,10H,1-2,4-5,7,9H2. The predicted molar refractivity (Wildman–Crippen MR) is 69.6 cm³/mol. The summed E-state index contributed by atoms with van der Waals surface area (Å²) in [5.41, 5.74) is 0. The normalized spacial score (nSPS) is 16.6. The molecule has 0 amide bonds. The smallest absolute Gasteiger partial charge is 0.147 e. The van der Waals surface area contributed by atoms with Crippen molar-refractivity contribution in [3.05, 3.63) is 23.4 Å². The van der Waals surface area contributed by atoms with Crippen molar-refractivity contribution < 1.29 is 0 Å². The molecule has 1 aliphatic rings. The third-order valence-corrected chi connectivity index (χ3v) is 3.57. The minimum Gasteiger partial charge on any atom is -0.351 e. The van der Waals surface area contributed by atoms with E-state index in [2.05, 4.69) is 9.88 Å². The monoisotopic (exact) mass is 258 g/mol. The molecule has 0 bridgehead atoms. The van der Waals surface area contributed by atoms with Gasteiger partial charge in [0.2, 0.25) is 0 Å². The molecule has 16 heavy (non-hydrogen) atoms. The van der Waals surface area contributed by atoms with E-state index in [9.17, 15) is 0 Å². The quantitative estimate of drug-likeness (QED) is 0.766. The number of pyridine rings is 1. The summed E-state index contributed by atoms with van der Waals surface area (Å²) in [6.45, 7) is 0.822. The third-order valence-electron chi connectivity index (χ3n) is 3.10. The van der Waals surface area contributed by atoms with Gasteiger partial charge in [-0.2, -0.15) is 0 Å². The average molecular weight is 259 g/mol. The van der Waals surface area contributed by atoms with Crippen LogP contribution in [0.5, 0.6) is 0 Å². The largest absolute Gasteiger partial charge is 0.351 e. The molecule has 0 atom stereocenters. The maximum Gasteiger partial charge on any atom is 0.147 e. The van der Waals surface area contributed by atoms with Gasteiger partial charge in [-0.05, 0) is 25.0 Å². The fourth-order valence-electron chi connectivity index (χ4n) is 2.36. The van der Waals surface area contributed by atoms with Gasteiger partial charge in [0, 0.05) is 24.7 Å². The summed E-state index contributed by atoms with van der Waals surface area (Å²) in [6, 6.07) is 4.31. The Kier molecular flexibility index (Phi) is 4.30. The number of hydrogen-bond acceptors (Lipinski definition) is 2. The summed E-state index contributed by atoms with van der Waals surface area (Å²) < 4.78 is 0. The number of hydrogen-bond donors (Lipinski definition) is 0. The van der Waals surface area contributed by atoms with Gasteiger partial charge in [-0.3, -0.25) is 0 Å². The molecule has 0 aromatic carbocycles. The molecule has 1 saturated carbocycles. The molecular formula is C12H16Cl2N2. The van der Waals surface area contributed by atoms with Crippen LogP contribution in [0.3, 0.4) is 0 Å². The zero-order chi connectivity index (χ0) is 11.4. The first-order valence-corrected chi connectivity index (χ1v) is 6.67. The predicted octanol–water partition coefficient (Wildman–Crippen LogP) is 3.72. The first-order valence-electron chi connectivity index (χ1n) is 5.76. The van der Waals surface area contributed by atoms with Gasteiger partial charge in [0.05, 0.1) is 5.02 Å². The molecule has 0 radical (unpaired) electrons. The Balaban J connectivity index is 2.21. The van der Waals surface area contributed by atoms with Crippen molar-refractivity contribution in [1.82, 2.24) is 4.98 Å². The summed E-state index contributed by atoms with van der Waals surface area (Å²) in [5, 5.41) is 0.722. The van der Waals surface area contributed by atoms with Crippen LogP contribution in [0.25, 0.3) is 0 Å². The topological polar surface area (TPSA) is 16.1 Å². The second-order valence-electron chi connectivity index (χ2n) is 4.13. The van der Waals surface area contributed by atoms with Gasteiger partial charge < -0.3 is 4.90 Å². The molecule has 1 heterocycles. The summed E-state index contributed by atoms with van der Waals surface area (Å²) >= 11 is 12.1. The summed E-state index contributed by atoms with van der Waals surface area (Å²) in [4.78, 5) is 6.64. The molecule has 1 fully saturated rings. The Morgan fingerprint density at radius 1 is 1.38 bits per heavy atom. The minimum atomic E-state index is 0.561. The Bertz CT molecular complexity index is 338. The number of rotatable bonds is 4. The fourth-order valence-corrected chi connectivity index (χ4v) is 2.77. The third kappa shape index (κ3) is 2.61. The van der Waals surface area contributed by atoms with Gasteiger partial charge >= 0.3 is 0 Å². The maximum absolute atomic E-state index is 6.19. The van der Waals surface area contributed by atoms with Crippen LogP contribution >= 0.6 is 23.2 Å². The average Bonchev–Trinajstić information content (AvgIpc) is 2.80. The van der Waals surface area contributed by atoms with E-state index < -0.39 is 0 Å². The lowest BCUT2D eigenvalue weighted by Crippen LogP contribution is -2.35. The SMILES string of the molecule is ClCCN(c1ncccc1Cl)C1CCCC1. The van der Waals surface area contributed by atoms with Crippen LogP contribution in [0, 0.1) is 0 Å². The first kappa shape index (κ1) is 12.0. The molecular weight excluding hydrogens is 243 g/mol. The summed E-state index contributed by atoms with van der Waals surface area (Å²) in [6.07, 6.45) is 6.84. The molecule has 4 heteroatoms. The molecule has 0 N–H and O–H groups in total. The number of aromatic nitrogens is 1. The second-order valence-corrected chi connectivity index (χ2v) is 4.91. The lowest BCUT2D eigenvalue weighted by Gasteiger charge is -2.30. The zero-order valence-electron chi connectivity index (χ0n) is 9.20. The van der Waals surface area contributed by atoms with E-state index in [-0.39, 0.29) is 0 Å². The first-order chi connectivity index (χ1) is 7.83. The van der Waals surface area contributed by atoms with Crippen LogP contribution in [0.15, 0.2) is 18.3 Å². The van der Waals surface area contributed by atoms with E-state index in [4.69, 9.17) is 23.2 Å². The van der Waals surface area contributed by atoms with Gasteiger partial charge in [0.15, 0.2) is 0 Å². The molecule has 1 aliphatic carbocycles. The molecule has 0 aliphatic heterocycles. The van der Waals surface area contributed by atoms with Crippen molar-refractivity contribution in [3.63, 3.8) is 0 Å². The Morgan fingerprint density at radius 3 is 2.75 bits per heavy atom. The van der Waals surface area contributed by atoms with Crippen molar-refractivity contribution in [2.45, 2.75) is 31.7 Å². The number of nitrogens with zero attached hydrogens (tertiary/aromatic N) is 2. The van der Waals surface area contributed by atoms with Crippen LogP contribution in [0.1, 0.15) is 25.7 Å². The van der Waals surface area contributed by atoms with E-state index >= 15 is 0 Å². The van der Waals surface area contributed by atoms with Gasteiger partial charge in [-0.25, -0.2) is 4.98 Å². The fraction of sp³-hybridized carbons (Fsp3) is 0.583. The number of alkyl halides is 1. The van der Waals surface area contributed by atoms with Gasteiger partial charge in [0.25, 0.3) is 0 Å². The highest BCUT2D eigenvalue weighted by atomic mass is 35.5. The van der Waals surface area contributed by atoms with E-state index in [1.54, 1.807) is 6.20 Å². The maximum atomic E-state index is 6.19. The molecule has 2 rings (SSSR count). The molecule has 0 unspecified atom stereocenters. The van der Waals surface area contributed by atoms with Crippen molar-refractivity contribution in [3.8, 4) is 0 Å². The minimum absolute atomic E-state index is 0.561. The molecule has 0 saturated heterocycles. The van der Waals surface area contributed by atoms with Crippen molar-refractivity contribution in [2.24, 2.45) is 0 Å². The number of anilines is 1. The van der Waals surface area contributed by atoms with Crippen LogP contribution in [0.2, 0.25) is 5.02 Å². The van der Waals surface area contributed by atoms with Crippen LogP contribution < -0.4 is 4.90 Å². The molecule has 2 nitrogen and oxygen atoms in total. The van der Waals surface area contributed by atoms with Gasteiger partial charge in [-0.15, -0.1) is 11.6 Å². The lowest BCUT2D eigenvalue weighted by molar-refractivity contribution is 0.614. The van der Waals surface area contributed by atoms with Crippen molar-refractivity contribution in [2.75, 3.05) is 17.3 Å². The highest BCUT2D eigenvalue weighted by molar-refractivity contribution is 6.33. The lowest BCUT2D eigenvalue weighted by atomic mass is 10.2. The van der Waals surface area contributed by atoms with Gasteiger partial charge in [-0.1, -0.05) is 24.4 Å². The Hall–Kier alpha value is -0.470. The van der Waals surface area contributed by atoms with Crippen LogP contribution in [-0.2, 0) is 0 Å². The summed E-state index contributed by atoms with van der Waals surface area (Å²) in [7, 11) is 0. The van der Waals surface area contributed by atoms with E-state index in [1.807, 2.05) is 12.1 Å². The highest BCUT2D eigenvalue weighted by Gasteiger charge is 2.24. The molecule has 88 valence electrons. The molecule has 0 spiro atoms.